The Morgan fingerprint density at radius 2 is 2.10 bits per heavy atom. The molecule has 0 bridgehead atoms. The minimum Gasteiger partial charge on any atom is -0.481 e. The third-order valence-electron chi connectivity index (χ3n) is 3.49. The Kier molecular flexibility index (Phi) is 7.24. The summed E-state index contributed by atoms with van der Waals surface area (Å²) in [6.07, 6.45) is 1.94. The Balaban J connectivity index is 2.83. The zero-order chi connectivity index (χ0) is 15.1. The van der Waals surface area contributed by atoms with E-state index >= 15 is 0 Å². The molecule has 1 unspecified atom stereocenters. The van der Waals surface area contributed by atoms with Crippen LogP contribution in [0.3, 0.4) is 0 Å². The summed E-state index contributed by atoms with van der Waals surface area (Å²) in [7, 11) is 0. The predicted octanol–water partition coefficient (Wildman–Crippen LogP) is 4.48. The van der Waals surface area contributed by atoms with E-state index in [2.05, 4.69) is 59.8 Å². The SMILES string of the molecule is CCC(c1cccc(Br)c1)N(CCCC(=O)O)C(C)C. The van der Waals surface area contributed by atoms with Crippen LogP contribution in [0.15, 0.2) is 28.7 Å². The van der Waals surface area contributed by atoms with E-state index in [1.54, 1.807) is 0 Å². The van der Waals surface area contributed by atoms with Gasteiger partial charge in [0.05, 0.1) is 0 Å². The monoisotopic (exact) mass is 341 g/mol. The van der Waals surface area contributed by atoms with E-state index in [9.17, 15) is 4.79 Å². The molecule has 1 rings (SSSR count). The molecular formula is C16H24BrNO2. The molecule has 20 heavy (non-hydrogen) atoms. The van der Waals surface area contributed by atoms with Gasteiger partial charge in [0.2, 0.25) is 0 Å². The lowest BCUT2D eigenvalue weighted by Gasteiger charge is -2.35. The molecule has 0 saturated heterocycles. The van der Waals surface area contributed by atoms with Crippen molar-refractivity contribution in [3.05, 3.63) is 34.3 Å². The molecule has 1 aromatic rings. The first-order chi connectivity index (χ1) is 9.45. The summed E-state index contributed by atoms with van der Waals surface area (Å²) >= 11 is 3.52. The van der Waals surface area contributed by atoms with Crippen LogP contribution in [-0.4, -0.2) is 28.6 Å². The summed E-state index contributed by atoms with van der Waals surface area (Å²) in [6, 6.07) is 9.11. The lowest BCUT2D eigenvalue weighted by molar-refractivity contribution is -0.137. The first-order valence-electron chi connectivity index (χ1n) is 7.18. The van der Waals surface area contributed by atoms with Crippen LogP contribution in [0.4, 0.5) is 0 Å². The van der Waals surface area contributed by atoms with Gasteiger partial charge in [-0.15, -0.1) is 0 Å². The van der Waals surface area contributed by atoms with Crippen molar-refractivity contribution in [2.45, 2.75) is 52.1 Å². The van der Waals surface area contributed by atoms with Gasteiger partial charge in [-0.25, -0.2) is 0 Å². The van der Waals surface area contributed by atoms with Crippen LogP contribution in [0.1, 0.15) is 51.6 Å². The number of carbonyl (C=O) groups is 1. The van der Waals surface area contributed by atoms with Crippen molar-refractivity contribution in [1.82, 2.24) is 4.90 Å². The minimum absolute atomic E-state index is 0.234. The number of rotatable bonds is 8. The Labute approximate surface area is 130 Å². The molecule has 0 aromatic heterocycles. The van der Waals surface area contributed by atoms with Gasteiger partial charge in [-0.05, 0) is 50.9 Å². The van der Waals surface area contributed by atoms with Gasteiger partial charge in [0, 0.05) is 23.0 Å². The highest BCUT2D eigenvalue weighted by Gasteiger charge is 2.21. The molecule has 0 aliphatic heterocycles. The summed E-state index contributed by atoms with van der Waals surface area (Å²) in [4.78, 5) is 13.1. The molecule has 1 aromatic carbocycles. The summed E-state index contributed by atoms with van der Waals surface area (Å²) < 4.78 is 1.09. The van der Waals surface area contributed by atoms with Crippen LogP contribution in [0, 0.1) is 0 Å². The number of carboxylic acid groups (broad SMARTS) is 1. The smallest absolute Gasteiger partial charge is 0.303 e. The molecule has 3 nitrogen and oxygen atoms in total. The fraction of sp³-hybridized carbons (Fsp3) is 0.562. The van der Waals surface area contributed by atoms with Gasteiger partial charge in [-0.1, -0.05) is 35.0 Å². The van der Waals surface area contributed by atoms with Crippen molar-refractivity contribution >= 4 is 21.9 Å². The van der Waals surface area contributed by atoms with Crippen LogP contribution >= 0.6 is 15.9 Å². The van der Waals surface area contributed by atoms with Gasteiger partial charge in [-0.3, -0.25) is 9.69 Å². The highest BCUT2D eigenvalue weighted by Crippen LogP contribution is 2.28. The van der Waals surface area contributed by atoms with E-state index in [0.29, 0.717) is 18.5 Å². The average molecular weight is 342 g/mol. The van der Waals surface area contributed by atoms with Crippen LogP contribution in [0.2, 0.25) is 0 Å². The van der Waals surface area contributed by atoms with Crippen molar-refractivity contribution in [2.75, 3.05) is 6.54 Å². The Hall–Kier alpha value is -0.870. The fourth-order valence-corrected chi connectivity index (χ4v) is 2.98. The van der Waals surface area contributed by atoms with E-state index in [4.69, 9.17) is 5.11 Å². The van der Waals surface area contributed by atoms with Gasteiger partial charge < -0.3 is 5.11 Å². The van der Waals surface area contributed by atoms with Crippen LogP contribution in [0.25, 0.3) is 0 Å². The fourth-order valence-electron chi connectivity index (χ4n) is 2.56. The molecule has 0 aliphatic carbocycles. The highest BCUT2D eigenvalue weighted by atomic mass is 79.9. The van der Waals surface area contributed by atoms with Gasteiger partial charge >= 0.3 is 5.97 Å². The van der Waals surface area contributed by atoms with Crippen LogP contribution in [-0.2, 0) is 4.79 Å². The minimum atomic E-state index is -0.718. The van der Waals surface area contributed by atoms with Crippen molar-refractivity contribution in [3.8, 4) is 0 Å². The lowest BCUT2D eigenvalue weighted by atomic mass is 10.0. The molecule has 0 saturated carbocycles. The molecule has 0 heterocycles. The molecule has 0 amide bonds. The summed E-state index contributed by atoms with van der Waals surface area (Å²) in [5.41, 5.74) is 1.28. The molecule has 0 radical (unpaired) electrons. The van der Waals surface area contributed by atoms with Crippen LogP contribution in [0.5, 0.6) is 0 Å². The standard InChI is InChI=1S/C16H24BrNO2/c1-4-15(13-7-5-8-14(17)11-13)18(12(2)3)10-6-9-16(19)20/h5,7-8,11-12,15H,4,6,9-10H2,1-3H3,(H,19,20). The van der Waals surface area contributed by atoms with Gasteiger partial charge in [0.1, 0.15) is 0 Å². The number of benzene rings is 1. The molecule has 4 heteroatoms. The van der Waals surface area contributed by atoms with Crippen molar-refractivity contribution < 1.29 is 9.90 Å². The molecule has 0 spiro atoms. The zero-order valence-electron chi connectivity index (χ0n) is 12.5. The zero-order valence-corrected chi connectivity index (χ0v) is 14.1. The topological polar surface area (TPSA) is 40.5 Å². The number of hydrogen-bond acceptors (Lipinski definition) is 2. The summed E-state index contributed by atoms with van der Waals surface area (Å²) in [5.74, 6) is -0.718. The normalized spacial score (nSPS) is 12.9. The molecular weight excluding hydrogens is 318 g/mol. The molecule has 0 aliphatic rings. The van der Waals surface area contributed by atoms with E-state index in [0.717, 1.165) is 17.4 Å². The third kappa shape index (κ3) is 5.25. The maximum Gasteiger partial charge on any atom is 0.303 e. The van der Waals surface area contributed by atoms with Crippen molar-refractivity contribution in [3.63, 3.8) is 0 Å². The molecule has 1 atom stereocenters. The maximum atomic E-state index is 10.7. The Morgan fingerprint density at radius 1 is 1.40 bits per heavy atom. The summed E-state index contributed by atoms with van der Waals surface area (Å²) in [6.45, 7) is 7.33. The Bertz CT molecular complexity index is 434. The van der Waals surface area contributed by atoms with E-state index in [1.807, 2.05) is 6.07 Å². The largest absolute Gasteiger partial charge is 0.481 e. The number of hydrogen-bond donors (Lipinski definition) is 1. The van der Waals surface area contributed by atoms with E-state index in [-0.39, 0.29) is 6.42 Å². The number of nitrogens with zero attached hydrogens (tertiary/aromatic N) is 1. The lowest BCUT2D eigenvalue weighted by Crippen LogP contribution is -2.35. The van der Waals surface area contributed by atoms with Gasteiger partial charge in [0.25, 0.3) is 0 Å². The quantitative estimate of drug-likeness (QED) is 0.757. The number of halogens is 1. The third-order valence-corrected chi connectivity index (χ3v) is 3.98. The van der Waals surface area contributed by atoms with Gasteiger partial charge in [0.15, 0.2) is 0 Å². The highest BCUT2D eigenvalue weighted by molar-refractivity contribution is 9.10. The molecule has 1 N–H and O–H groups in total. The predicted molar refractivity (Wildman–Crippen MR) is 85.9 cm³/mol. The average Bonchev–Trinajstić information content (AvgIpc) is 2.37. The van der Waals surface area contributed by atoms with E-state index in [1.165, 1.54) is 5.56 Å². The molecule has 112 valence electrons. The van der Waals surface area contributed by atoms with Gasteiger partial charge in [-0.2, -0.15) is 0 Å². The Morgan fingerprint density at radius 3 is 2.60 bits per heavy atom. The second-order valence-electron chi connectivity index (χ2n) is 5.31. The van der Waals surface area contributed by atoms with Crippen LogP contribution < -0.4 is 0 Å². The second-order valence-corrected chi connectivity index (χ2v) is 6.22. The first-order valence-corrected chi connectivity index (χ1v) is 7.98. The number of carboxylic acids is 1. The first kappa shape index (κ1) is 17.2. The second kappa shape index (κ2) is 8.42. The maximum absolute atomic E-state index is 10.7. The van der Waals surface area contributed by atoms with Crippen molar-refractivity contribution in [2.24, 2.45) is 0 Å². The number of aliphatic carboxylic acids is 1. The van der Waals surface area contributed by atoms with Crippen molar-refractivity contribution in [1.29, 1.82) is 0 Å². The molecule has 0 fully saturated rings. The summed E-state index contributed by atoms with van der Waals surface area (Å²) in [5, 5.41) is 8.79. The van der Waals surface area contributed by atoms with E-state index < -0.39 is 5.97 Å².